The lowest BCUT2D eigenvalue weighted by atomic mass is 9.95. The van der Waals surface area contributed by atoms with Crippen molar-refractivity contribution in [3.05, 3.63) is 35.6 Å². The standard InChI is InChI=1S/C15H22FN3/c1-3-10-18-14(17-2)19-11-15(8-9-15)12-6-4-5-7-13(12)16/h4-7H,3,8-11H2,1-2H3,(H2,17,18,19). The fraction of sp³-hybridized carbons (Fsp3) is 0.533. The lowest BCUT2D eigenvalue weighted by molar-refractivity contribution is 0.559. The molecular formula is C15H22FN3. The van der Waals surface area contributed by atoms with Crippen molar-refractivity contribution in [3.63, 3.8) is 0 Å². The van der Waals surface area contributed by atoms with Crippen molar-refractivity contribution in [1.82, 2.24) is 10.6 Å². The smallest absolute Gasteiger partial charge is 0.191 e. The minimum atomic E-state index is -0.0988. The van der Waals surface area contributed by atoms with E-state index < -0.39 is 0 Å². The second-order valence-corrected chi connectivity index (χ2v) is 5.11. The summed E-state index contributed by atoms with van der Waals surface area (Å²) in [6, 6.07) is 7.08. The minimum Gasteiger partial charge on any atom is -0.356 e. The molecule has 0 radical (unpaired) electrons. The second kappa shape index (κ2) is 6.04. The quantitative estimate of drug-likeness (QED) is 0.632. The maximum Gasteiger partial charge on any atom is 0.191 e. The first-order valence-corrected chi connectivity index (χ1v) is 6.91. The van der Waals surface area contributed by atoms with Gasteiger partial charge in [-0.1, -0.05) is 25.1 Å². The molecule has 1 aliphatic rings. The molecule has 1 aromatic carbocycles. The number of rotatable bonds is 5. The van der Waals surface area contributed by atoms with E-state index in [9.17, 15) is 4.39 Å². The van der Waals surface area contributed by atoms with Crippen LogP contribution in [0, 0.1) is 5.82 Å². The lowest BCUT2D eigenvalue weighted by Gasteiger charge is -2.19. The molecule has 2 rings (SSSR count). The predicted octanol–water partition coefficient (Wildman–Crippen LogP) is 2.43. The molecular weight excluding hydrogens is 241 g/mol. The molecule has 0 bridgehead atoms. The number of halogens is 1. The fourth-order valence-electron chi connectivity index (χ4n) is 2.30. The van der Waals surface area contributed by atoms with Gasteiger partial charge >= 0.3 is 0 Å². The SMILES string of the molecule is CCCNC(=NC)NCC1(c2ccccc2F)CC1. The van der Waals surface area contributed by atoms with Crippen LogP contribution >= 0.6 is 0 Å². The maximum atomic E-state index is 13.9. The summed E-state index contributed by atoms with van der Waals surface area (Å²) < 4.78 is 13.9. The number of hydrogen-bond donors (Lipinski definition) is 2. The highest BCUT2D eigenvalue weighted by Gasteiger charge is 2.45. The van der Waals surface area contributed by atoms with Gasteiger partial charge in [-0.25, -0.2) is 4.39 Å². The molecule has 1 saturated carbocycles. The van der Waals surface area contributed by atoms with Crippen LogP contribution in [0.1, 0.15) is 31.7 Å². The van der Waals surface area contributed by atoms with E-state index in [1.54, 1.807) is 19.2 Å². The van der Waals surface area contributed by atoms with Crippen molar-refractivity contribution in [2.24, 2.45) is 4.99 Å². The van der Waals surface area contributed by atoms with Crippen LogP contribution in [-0.2, 0) is 5.41 Å². The Balaban J connectivity index is 1.97. The molecule has 0 heterocycles. The molecule has 0 aliphatic heterocycles. The molecule has 2 N–H and O–H groups in total. The Morgan fingerprint density at radius 3 is 2.63 bits per heavy atom. The number of guanidine groups is 1. The van der Waals surface area contributed by atoms with Gasteiger partial charge in [-0.15, -0.1) is 0 Å². The van der Waals surface area contributed by atoms with E-state index in [1.165, 1.54) is 0 Å². The first kappa shape index (κ1) is 13.8. The average molecular weight is 263 g/mol. The third-order valence-corrected chi connectivity index (χ3v) is 3.66. The number of benzene rings is 1. The third-order valence-electron chi connectivity index (χ3n) is 3.66. The molecule has 1 aliphatic carbocycles. The Kier molecular flexibility index (Phi) is 4.40. The molecule has 19 heavy (non-hydrogen) atoms. The van der Waals surface area contributed by atoms with Crippen LogP contribution in [0.25, 0.3) is 0 Å². The number of aliphatic imine (C=N–C) groups is 1. The monoisotopic (exact) mass is 263 g/mol. The summed E-state index contributed by atoms with van der Waals surface area (Å²) in [5, 5.41) is 6.54. The Morgan fingerprint density at radius 2 is 2.05 bits per heavy atom. The van der Waals surface area contributed by atoms with Gasteiger partial charge in [0.15, 0.2) is 5.96 Å². The Labute approximate surface area is 114 Å². The van der Waals surface area contributed by atoms with Crippen molar-refractivity contribution in [3.8, 4) is 0 Å². The molecule has 1 aromatic rings. The zero-order chi connectivity index (χ0) is 13.7. The summed E-state index contributed by atoms with van der Waals surface area (Å²) >= 11 is 0. The van der Waals surface area contributed by atoms with Gasteiger partial charge in [-0.05, 0) is 30.9 Å². The van der Waals surface area contributed by atoms with Gasteiger partial charge in [0.25, 0.3) is 0 Å². The Hall–Kier alpha value is -1.58. The fourth-order valence-corrected chi connectivity index (χ4v) is 2.30. The Bertz CT molecular complexity index is 452. The second-order valence-electron chi connectivity index (χ2n) is 5.11. The van der Waals surface area contributed by atoms with E-state index in [4.69, 9.17) is 0 Å². The third kappa shape index (κ3) is 3.25. The van der Waals surface area contributed by atoms with E-state index in [1.807, 2.05) is 12.1 Å². The summed E-state index contributed by atoms with van der Waals surface area (Å²) in [6.07, 6.45) is 3.12. The van der Waals surface area contributed by atoms with Gasteiger partial charge in [0.1, 0.15) is 5.82 Å². The number of nitrogens with one attached hydrogen (secondary N) is 2. The topological polar surface area (TPSA) is 36.4 Å². The van der Waals surface area contributed by atoms with Crippen LogP contribution in [0.5, 0.6) is 0 Å². The van der Waals surface area contributed by atoms with Crippen molar-refractivity contribution in [2.45, 2.75) is 31.6 Å². The van der Waals surface area contributed by atoms with Crippen molar-refractivity contribution >= 4 is 5.96 Å². The van der Waals surface area contributed by atoms with Crippen LogP contribution in [0.15, 0.2) is 29.3 Å². The molecule has 4 heteroatoms. The number of hydrogen-bond acceptors (Lipinski definition) is 1. The van der Waals surface area contributed by atoms with Crippen LogP contribution in [0.3, 0.4) is 0 Å². The van der Waals surface area contributed by atoms with E-state index in [2.05, 4.69) is 22.5 Å². The highest BCUT2D eigenvalue weighted by Crippen LogP contribution is 2.48. The molecule has 3 nitrogen and oxygen atoms in total. The van der Waals surface area contributed by atoms with Gasteiger partial charge in [0.2, 0.25) is 0 Å². The molecule has 0 amide bonds. The van der Waals surface area contributed by atoms with Crippen molar-refractivity contribution in [1.29, 1.82) is 0 Å². The molecule has 0 atom stereocenters. The molecule has 0 saturated heterocycles. The highest BCUT2D eigenvalue weighted by atomic mass is 19.1. The van der Waals surface area contributed by atoms with E-state index in [0.717, 1.165) is 43.9 Å². The van der Waals surface area contributed by atoms with Crippen LogP contribution in [0.4, 0.5) is 4.39 Å². The minimum absolute atomic E-state index is 0.0465. The highest BCUT2D eigenvalue weighted by molar-refractivity contribution is 5.79. The Morgan fingerprint density at radius 1 is 1.32 bits per heavy atom. The van der Waals surface area contributed by atoms with Gasteiger partial charge < -0.3 is 10.6 Å². The first-order chi connectivity index (χ1) is 9.22. The maximum absolute atomic E-state index is 13.9. The molecule has 1 fully saturated rings. The zero-order valence-electron chi connectivity index (χ0n) is 11.7. The summed E-state index contributed by atoms with van der Waals surface area (Å²) in [5.41, 5.74) is 0.781. The van der Waals surface area contributed by atoms with Gasteiger partial charge in [-0.3, -0.25) is 4.99 Å². The van der Waals surface area contributed by atoms with Gasteiger partial charge in [0.05, 0.1) is 0 Å². The molecule has 0 spiro atoms. The van der Waals surface area contributed by atoms with Gasteiger partial charge in [0, 0.05) is 25.6 Å². The summed E-state index contributed by atoms with van der Waals surface area (Å²) in [6.45, 7) is 3.74. The van der Waals surface area contributed by atoms with E-state index in [-0.39, 0.29) is 11.2 Å². The van der Waals surface area contributed by atoms with Crippen LogP contribution < -0.4 is 10.6 Å². The van der Waals surface area contributed by atoms with Crippen LogP contribution in [-0.4, -0.2) is 26.1 Å². The molecule has 0 aromatic heterocycles. The molecule has 0 unspecified atom stereocenters. The average Bonchev–Trinajstić information content (AvgIpc) is 3.20. The zero-order valence-corrected chi connectivity index (χ0v) is 11.7. The molecule has 104 valence electrons. The van der Waals surface area contributed by atoms with Gasteiger partial charge in [-0.2, -0.15) is 0 Å². The first-order valence-electron chi connectivity index (χ1n) is 6.91. The predicted molar refractivity (Wildman–Crippen MR) is 77.0 cm³/mol. The summed E-state index contributed by atoms with van der Waals surface area (Å²) in [4.78, 5) is 4.17. The van der Waals surface area contributed by atoms with Crippen molar-refractivity contribution < 1.29 is 4.39 Å². The van der Waals surface area contributed by atoms with E-state index in [0.29, 0.717) is 0 Å². The van der Waals surface area contributed by atoms with Crippen molar-refractivity contribution in [2.75, 3.05) is 20.1 Å². The normalized spacial score (nSPS) is 17.1. The summed E-state index contributed by atoms with van der Waals surface area (Å²) in [5.74, 6) is 0.697. The largest absolute Gasteiger partial charge is 0.356 e. The number of nitrogens with zero attached hydrogens (tertiary/aromatic N) is 1. The lowest BCUT2D eigenvalue weighted by Crippen LogP contribution is -2.41. The van der Waals surface area contributed by atoms with Crippen LogP contribution in [0.2, 0.25) is 0 Å². The van der Waals surface area contributed by atoms with E-state index >= 15 is 0 Å². The summed E-state index contributed by atoms with van der Waals surface area (Å²) in [7, 11) is 1.76.